The van der Waals surface area contributed by atoms with Gasteiger partial charge in [0.05, 0.1) is 6.54 Å². The number of likely N-dealkylation sites (N-methyl/N-ethyl adjacent to an activating group) is 1. The summed E-state index contributed by atoms with van der Waals surface area (Å²) < 4.78 is 5.62. The lowest BCUT2D eigenvalue weighted by Crippen LogP contribution is -2.34. The van der Waals surface area contributed by atoms with Gasteiger partial charge in [-0.25, -0.2) is 0 Å². The van der Waals surface area contributed by atoms with Crippen molar-refractivity contribution in [1.82, 2.24) is 4.90 Å². The molecule has 1 aromatic heterocycles. The fraction of sp³-hybridized carbons (Fsp3) is 0.368. The first-order valence-electron chi connectivity index (χ1n) is 8.50. The number of hydrogen-bond donors (Lipinski definition) is 0. The summed E-state index contributed by atoms with van der Waals surface area (Å²) in [6, 6.07) is 11.4. The summed E-state index contributed by atoms with van der Waals surface area (Å²) in [5.74, 6) is 0.765. The summed E-state index contributed by atoms with van der Waals surface area (Å²) in [5.41, 5.74) is 0.883. The van der Waals surface area contributed by atoms with Crippen molar-refractivity contribution in [3.05, 3.63) is 46.7 Å². The van der Waals surface area contributed by atoms with Gasteiger partial charge in [-0.2, -0.15) is 0 Å². The molecule has 2 heterocycles. The summed E-state index contributed by atoms with van der Waals surface area (Å²) in [5, 5.41) is 2.01. The molecule has 6 heteroatoms. The Kier molecular flexibility index (Phi) is 5.71. The molecule has 1 fully saturated rings. The minimum absolute atomic E-state index is 0.0151. The van der Waals surface area contributed by atoms with Crippen molar-refractivity contribution in [3.8, 4) is 5.75 Å². The molecule has 0 atom stereocenters. The molecule has 2 amide bonds. The van der Waals surface area contributed by atoms with E-state index in [9.17, 15) is 9.59 Å². The Hall–Kier alpha value is -2.34. The zero-order valence-corrected chi connectivity index (χ0v) is 15.1. The van der Waals surface area contributed by atoms with Crippen molar-refractivity contribution in [2.75, 3.05) is 24.6 Å². The van der Waals surface area contributed by atoms with Crippen LogP contribution in [0.4, 0.5) is 5.69 Å². The maximum Gasteiger partial charge on any atom is 0.260 e. The minimum Gasteiger partial charge on any atom is -0.484 e. The van der Waals surface area contributed by atoms with Crippen LogP contribution in [-0.2, 0) is 16.1 Å². The van der Waals surface area contributed by atoms with Gasteiger partial charge < -0.3 is 14.5 Å². The molecular formula is C19H22N2O3S. The van der Waals surface area contributed by atoms with Crippen LogP contribution in [0.5, 0.6) is 5.75 Å². The molecule has 1 aliphatic rings. The van der Waals surface area contributed by atoms with E-state index in [-0.39, 0.29) is 18.4 Å². The van der Waals surface area contributed by atoms with E-state index in [4.69, 9.17) is 4.74 Å². The highest BCUT2D eigenvalue weighted by Gasteiger charge is 2.21. The molecule has 1 saturated heterocycles. The number of anilines is 1. The largest absolute Gasteiger partial charge is 0.484 e. The van der Waals surface area contributed by atoms with Crippen LogP contribution in [0.25, 0.3) is 0 Å². The number of benzene rings is 1. The third-order valence-corrected chi connectivity index (χ3v) is 5.11. The number of carbonyl (C=O) groups excluding carboxylic acids is 2. The Morgan fingerprint density at radius 3 is 2.68 bits per heavy atom. The van der Waals surface area contributed by atoms with Gasteiger partial charge in [-0.05, 0) is 49.1 Å². The zero-order chi connectivity index (χ0) is 17.6. The molecule has 3 rings (SSSR count). The zero-order valence-electron chi connectivity index (χ0n) is 14.3. The van der Waals surface area contributed by atoms with Crippen LogP contribution in [-0.4, -0.2) is 36.4 Å². The van der Waals surface area contributed by atoms with Crippen LogP contribution >= 0.6 is 11.3 Å². The van der Waals surface area contributed by atoms with E-state index in [1.54, 1.807) is 21.1 Å². The molecule has 0 spiro atoms. The number of hydrogen-bond acceptors (Lipinski definition) is 4. The maximum atomic E-state index is 12.3. The predicted molar refractivity (Wildman–Crippen MR) is 98.9 cm³/mol. The fourth-order valence-corrected chi connectivity index (χ4v) is 3.57. The normalized spacial score (nSPS) is 14.0. The standard InChI is InChI=1S/C19H22N2O3S/c1-2-20(13-17-5-4-12-25-17)19(23)14-24-16-9-7-15(8-10-16)21-11-3-6-18(21)22/h4-5,7-10,12H,2-3,6,11,13-14H2,1H3. The fourth-order valence-electron chi connectivity index (χ4n) is 2.85. The Morgan fingerprint density at radius 2 is 2.08 bits per heavy atom. The van der Waals surface area contributed by atoms with Gasteiger partial charge in [-0.1, -0.05) is 6.07 Å². The molecule has 0 aliphatic carbocycles. The Labute approximate surface area is 151 Å². The second kappa shape index (κ2) is 8.16. The van der Waals surface area contributed by atoms with Crippen LogP contribution in [0.15, 0.2) is 41.8 Å². The van der Waals surface area contributed by atoms with E-state index in [2.05, 4.69) is 0 Å². The molecular weight excluding hydrogens is 336 g/mol. The number of thiophene rings is 1. The molecule has 132 valence electrons. The van der Waals surface area contributed by atoms with E-state index in [0.717, 1.165) is 23.5 Å². The minimum atomic E-state index is -0.0327. The summed E-state index contributed by atoms with van der Waals surface area (Å²) in [6.07, 6.45) is 1.52. The summed E-state index contributed by atoms with van der Waals surface area (Å²) in [7, 11) is 0. The number of amides is 2. The lowest BCUT2D eigenvalue weighted by molar-refractivity contribution is -0.133. The van der Waals surface area contributed by atoms with Crippen LogP contribution < -0.4 is 9.64 Å². The van der Waals surface area contributed by atoms with Gasteiger partial charge in [-0.15, -0.1) is 11.3 Å². The first kappa shape index (κ1) is 17.5. The Bertz CT molecular complexity index is 713. The number of rotatable bonds is 7. The topological polar surface area (TPSA) is 49.9 Å². The van der Waals surface area contributed by atoms with Gasteiger partial charge in [0.1, 0.15) is 5.75 Å². The molecule has 0 bridgehead atoms. The van der Waals surface area contributed by atoms with Crippen molar-refractivity contribution >= 4 is 28.8 Å². The van der Waals surface area contributed by atoms with E-state index in [1.165, 1.54) is 0 Å². The van der Waals surface area contributed by atoms with Crippen molar-refractivity contribution < 1.29 is 14.3 Å². The van der Waals surface area contributed by atoms with Crippen LogP contribution in [0.3, 0.4) is 0 Å². The first-order valence-corrected chi connectivity index (χ1v) is 9.38. The number of ether oxygens (including phenoxy) is 1. The lowest BCUT2D eigenvalue weighted by Gasteiger charge is -2.20. The van der Waals surface area contributed by atoms with E-state index in [1.807, 2.05) is 48.7 Å². The van der Waals surface area contributed by atoms with E-state index in [0.29, 0.717) is 25.3 Å². The number of nitrogens with zero attached hydrogens (tertiary/aromatic N) is 2. The second-order valence-electron chi connectivity index (χ2n) is 5.92. The van der Waals surface area contributed by atoms with Crippen LogP contribution in [0, 0.1) is 0 Å². The molecule has 2 aromatic rings. The highest BCUT2D eigenvalue weighted by molar-refractivity contribution is 7.09. The lowest BCUT2D eigenvalue weighted by atomic mass is 10.3. The average molecular weight is 358 g/mol. The highest BCUT2D eigenvalue weighted by Crippen LogP contribution is 2.24. The van der Waals surface area contributed by atoms with Gasteiger partial charge in [0.2, 0.25) is 5.91 Å². The quantitative estimate of drug-likeness (QED) is 0.763. The monoisotopic (exact) mass is 358 g/mol. The number of carbonyl (C=O) groups is 2. The molecule has 25 heavy (non-hydrogen) atoms. The summed E-state index contributed by atoms with van der Waals surface area (Å²) >= 11 is 1.65. The molecule has 1 aromatic carbocycles. The SMILES string of the molecule is CCN(Cc1cccs1)C(=O)COc1ccc(N2CCCC2=O)cc1. The second-order valence-corrected chi connectivity index (χ2v) is 6.95. The molecule has 0 saturated carbocycles. The third kappa shape index (κ3) is 4.39. The van der Waals surface area contributed by atoms with E-state index >= 15 is 0 Å². The molecule has 0 N–H and O–H groups in total. The van der Waals surface area contributed by atoms with Crippen molar-refractivity contribution in [2.24, 2.45) is 0 Å². The van der Waals surface area contributed by atoms with Gasteiger partial charge in [0.15, 0.2) is 6.61 Å². The van der Waals surface area contributed by atoms with Gasteiger partial charge in [0, 0.05) is 30.1 Å². The molecule has 0 radical (unpaired) electrons. The van der Waals surface area contributed by atoms with Crippen molar-refractivity contribution in [1.29, 1.82) is 0 Å². The summed E-state index contributed by atoms with van der Waals surface area (Å²) in [4.78, 5) is 28.8. The van der Waals surface area contributed by atoms with Gasteiger partial charge >= 0.3 is 0 Å². The van der Waals surface area contributed by atoms with E-state index < -0.39 is 0 Å². The van der Waals surface area contributed by atoms with Crippen LogP contribution in [0.2, 0.25) is 0 Å². The van der Waals surface area contributed by atoms with Crippen molar-refractivity contribution in [2.45, 2.75) is 26.3 Å². The third-order valence-electron chi connectivity index (χ3n) is 4.25. The van der Waals surface area contributed by atoms with Gasteiger partial charge in [-0.3, -0.25) is 9.59 Å². The molecule has 5 nitrogen and oxygen atoms in total. The van der Waals surface area contributed by atoms with Gasteiger partial charge in [0.25, 0.3) is 5.91 Å². The van der Waals surface area contributed by atoms with Crippen LogP contribution in [0.1, 0.15) is 24.6 Å². The average Bonchev–Trinajstić information content (AvgIpc) is 3.29. The van der Waals surface area contributed by atoms with Crippen molar-refractivity contribution in [3.63, 3.8) is 0 Å². The highest BCUT2D eigenvalue weighted by atomic mass is 32.1. The molecule has 1 aliphatic heterocycles. The Balaban J connectivity index is 1.53. The first-order chi connectivity index (χ1) is 12.2. The smallest absolute Gasteiger partial charge is 0.260 e. The summed E-state index contributed by atoms with van der Waals surface area (Å²) in [6.45, 7) is 4.02. The maximum absolute atomic E-state index is 12.3. The predicted octanol–water partition coefficient (Wildman–Crippen LogP) is 3.30. The Morgan fingerprint density at radius 1 is 1.28 bits per heavy atom. The molecule has 0 unspecified atom stereocenters.